The molecule has 3 heterocycles. The molecule has 0 saturated carbocycles. The SMILES string of the molecule is C=CCn1c(SCC2=C(C(=O)OCC)CNC(=O)N2)nc2cc(-c3ccccc3)sc2c1=O. The van der Waals surface area contributed by atoms with E-state index in [0.717, 1.165) is 10.4 Å². The number of benzene rings is 1. The van der Waals surface area contributed by atoms with E-state index in [9.17, 15) is 14.4 Å². The first-order valence-electron chi connectivity index (χ1n) is 10.3. The van der Waals surface area contributed by atoms with Crippen LogP contribution < -0.4 is 16.2 Å². The Labute approximate surface area is 198 Å². The highest BCUT2D eigenvalue weighted by atomic mass is 32.2. The molecular weight excluding hydrogens is 460 g/mol. The molecular formula is C23H22N4O4S2. The maximum Gasteiger partial charge on any atom is 0.337 e. The van der Waals surface area contributed by atoms with Gasteiger partial charge in [0.2, 0.25) is 0 Å². The molecule has 2 N–H and O–H groups in total. The lowest BCUT2D eigenvalue weighted by Gasteiger charge is -2.21. The highest BCUT2D eigenvalue weighted by molar-refractivity contribution is 7.99. The summed E-state index contributed by atoms with van der Waals surface area (Å²) in [7, 11) is 0. The number of ether oxygens (including phenoxy) is 1. The molecule has 0 radical (unpaired) electrons. The van der Waals surface area contributed by atoms with Crippen molar-refractivity contribution in [3.8, 4) is 10.4 Å². The van der Waals surface area contributed by atoms with Crippen LogP contribution in [0.15, 0.2) is 70.3 Å². The number of hydrogen-bond donors (Lipinski definition) is 2. The number of urea groups is 1. The van der Waals surface area contributed by atoms with Crippen molar-refractivity contribution in [3.05, 3.63) is 70.7 Å². The minimum atomic E-state index is -0.488. The molecule has 3 aromatic rings. The van der Waals surface area contributed by atoms with Crippen LogP contribution in [0.25, 0.3) is 20.7 Å². The molecule has 0 unspecified atom stereocenters. The lowest BCUT2D eigenvalue weighted by molar-refractivity contribution is -0.138. The van der Waals surface area contributed by atoms with Gasteiger partial charge >= 0.3 is 12.0 Å². The van der Waals surface area contributed by atoms with E-state index in [0.29, 0.717) is 33.2 Å². The predicted molar refractivity (Wildman–Crippen MR) is 130 cm³/mol. The Balaban J connectivity index is 1.71. The summed E-state index contributed by atoms with van der Waals surface area (Å²) in [5.41, 5.74) is 2.27. The number of thioether (sulfide) groups is 1. The van der Waals surface area contributed by atoms with Gasteiger partial charge in [-0.1, -0.05) is 48.2 Å². The Hall–Kier alpha value is -3.37. The van der Waals surface area contributed by atoms with Crippen LogP contribution in [0.3, 0.4) is 0 Å². The number of esters is 1. The molecule has 1 aliphatic heterocycles. The zero-order valence-electron chi connectivity index (χ0n) is 17.9. The number of carbonyl (C=O) groups is 2. The number of amides is 2. The van der Waals surface area contributed by atoms with E-state index >= 15 is 0 Å². The molecule has 8 nitrogen and oxygen atoms in total. The number of carbonyl (C=O) groups excluding carboxylic acids is 2. The van der Waals surface area contributed by atoms with E-state index < -0.39 is 12.0 Å². The van der Waals surface area contributed by atoms with Crippen LogP contribution in [-0.2, 0) is 16.1 Å². The predicted octanol–water partition coefficient (Wildman–Crippen LogP) is 3.53. The van der Waals surface area contributed by atoms with Crippen molar-refractivity contribution >= 4 is 45.3 Å². The first-order valence-corrected chi connectivity index (χ1v) is 12.1. The normalized spacial score (nSPS) is 13.5. The van der Waals surface area contributed by atoms with Crippen LogP contribution in [0.1, 0.15) is 6.92 Å². The maximum absolute atomic E-state index is 13.3. The number of hydrogen-bond acceptors (Lipinski definition) is 7. The van der Waals surface area contributed by atoms with Crippen molar-refractivity contribution in [2.75, 3.05) is 18.9 Å². The molecule has 0 aliphatic carbocycles. The number of nitrogens with zero attached hydrogens (tertiary/aromatic N) is 2. The molecule has 0 bridgehead atoms. The smallest absolute Gasteiger partial charge is 0.337 e. The molecule has 0 atom stereocenters. The van der Waals surface area contributed by atoms with E-state index in [2.05, 4.69) is 17.2 Å². The highest BCUT2D eigenvalue weighted by Gasteiger charge is 2.24. The summed E-state index contributed by atoms with van der Waals surface area (Å²) in [5.74, 6) is -0.246. The molecule has 33 heavy (non-hydrogen) atoms. The molecule has 0 fully saturated rings. The summed E-state index contributed by atoms with van der Waals surface area (Å²) >= 11 is 2.68. The van der Waals surface area contributed by atoms with Crippen LogP contribution in [-0.4, -0.2) is 40.5 Å². The number of thiophene rings is 1. The van der Waals surface area contributed by atoms with Gasteiger partial charge in [-0.2, -0.15) is 0 Å². The third-order valence-electron chi connectivity index (χ3n) is 4.89. The topological polar surface area (TPSA) is 102 Å². The number of nitrogens with one attached hydrogen (secondary N) is 2. The Morgan fingerprint density at radius 3 is 2.85 bits per heavy atom. The van der Waals surface area contributed by atoms with Gasteiger partial charge < -0.3 is 15.4 Å². The molecule has 10 heteroatoms. The van der Waals surface area contributed by atoms with Gasteiger partial charge in [0.05, 0.1) is 24.2 Å². The fraction of sp³-hybridized carbons (Fsp3) is 0.217. The van der Waals surface area contributed by atoms with Crippen molar-refractivity contribution in [2.24, 2.45) is 0 Å². The van der Waals surface area contributed by atoms with Gasteiger partial charge in [0.25, 0.3) is 5.56 Å². The molecule has 0 spiro atoms. The van der Waals surface area contributed by atoms with Gasteiger partial charge in [0.15, 0.2) is 5.16 Å². The second-order valence-corrected chi connectivity index (χ2v) is 9.06. The van der Waals surface area contributed by atoms with Crippen molar-refractivity contribution in [1.82, 2.24) is 20.2 Å². The van der Waals surface area contributed by atoms with Crippen molar-refractivity contribution < 1.29 is 14.3 Å². The summed E-state index contributed by atoms with van der Waals surface area (Å²) in [5, 5.41) is 5.74. The zero-order valence-corrected chi connectivity index (χ0v) is 19.6. The minimum Gasteiger partial charge on any atom is -0.463 e. The average molecular weight is 483 g/mol. The standard InChI is InChI=1S/C23H22N4O4S2/c1-3-10-27-20(28)19-16(11-18(33-19)14-8-6-5-7-9-14)26-23(27)32-13-17-15(21(29)31-4-2)12-24-22(30)25-17/h3,5-9,11H,1,4,10,12-13H2,2H3,(H2,24,25,30). The summed E-state index contributed by atoms with van der Waals surface area (Å²) in [6, 6.07) is 11.3. The number of aromatic nitrogens is 2. The Bertz CT molecular complexity index is 1310. The maximum atomic E-state index is 13.3. The number of fused-ring (bicyclic) bond motifs is 1. The zero-order chi connectivity index (χ0) is 23.4. The van der Waals surface area contributed by atoms with E-state index in [1.165, 1.54) is 23.1 Å². The lowest BCUT2D eigenvalue weighted by Crippen LogP contribution is -2.44. The Morgan fingerprint density at radius 1 is 1.33 bits per heavy atom. The van der Waals surface area contributed by atoms with E-state index in [-0.39, 0.29) is 24.5 Å². The summed E-state index contributed by atoms with van der Waals surface area (Å²) < 4.78 is 7.23. The van der Waals surface area contributed by atoms with E-state index in [1.807, 2.05) is 36.4 Å². The van der Waals surface area contributed by atoms with Gasteiger partial charge in [-0.05, 0) is 18.6 Å². The third-order valence-corrected chi connectivity index (χ3v) is 7.05. The van der Waals surface area contributed by atoms with Crippen LogP contribution in [0.2, 0.25) is 0 Å². The fourth-order valence-corrected chi connectivity index (χ4v) is 5.39. The van der Waals surface area contributed by atoms with Crippen molar-refractivity contribution in [2.45, 2.75) is 18.6 Å². The fourth-order valence-electron chi connectivity index (χ4n) is 3.34. The second kappa shape index (κ2) is 10.1. The Morgan fingerprint density at radius 2 is 2.12 bits per heavy atom. The van der Waals surface area contributed by atoms with E-state index in [1.54, 1.807) is 17.6 Å². The third kappa shape index (κ3) is 4.86. The molecule has 2 amide bonds. The molecule has 2 aromatic heterocycles. The van der Waals surface area contributed by atoms with Gasteiger partial charge in [0.1, 0.15) is 4.70 Å². The van der Waals surface area contributed by atoms with Crippen molar-refractivity contribution in [3.63, 3.8) is 0 Å². The number of rotatable bonds is 8. The minimum absolute atomic E-state index is 0.0808. The summed E-state index contributed by atoms with van der Waals surface area (Å²) in [6.45, 7) is 6.08. The van der Waals surface area contributed by atoms with Gasteiger partial charge in [-0.15, -0.1) is 17.9 Å². The summed E-state index contributed by atoms with van der Waals surface area (Å²) in [6.07, 6.45) is 1.64. The molecule has 4 rings (SSSR count). The average Bonchev–Trinajstić information content (AvgIpc) is 3.25. The first-order chi connectivity index (χ1) is 16.0. The summed E-state index contributed by atoms with van der Waals surface area (Å²) in [4.78, 5) is 43.1. The van der Waals surface area contributed by atoms with Gasteiger partial charge in [0, 0.05) is 22.9 Å². The van der Waals surface area contributed by atoms with Crippen LogP contribution in [0.4, 0.5) is 4.79 Å². The van der Waals surface area contributed by atoms with Crippen molar-refractivity contribution in [1.29, 1.82) is 0 Å². The van der Waals surface area contributed by atoms with Crippen LogP contribution >= 0.6 is 23.1 Å². The molecule has 1 aliphatic rings. The van der Waals surface area contributed by atoms with E-state index in [4.69, 9.17) is 9.72 Å². The highest BCUT2D eigenvalue weighted by Crippen LogP contribution is 2.32. The molecule has 170 valence electrons. The Kier molecular flexibility index (Phi) is 6.95. The lowest BCUT2D eigenvalue weighted by atomic mass is 10.2. The largest absolute Gasteiger partial charge is 0.463 e. The monoisotopic (exact) mass is 482 g/mol. The van der Waals surface area contributed by atoms with Gasteiger partial charge in [-0.25, -0.2) is 14.6 Å². The second-order valence-electron chi connectivity index (χ2n) is 7.06. The van der Waals surface area contributed by atoms with Crippen LogP contribution in [0.5, 0.6) is 0 Å². The quantitative estimate of drug-likeness (QED) is 0.220. The molecule has 1 aromatic carbocycles. The first kappa shape index (κ1) is 22.8. The molecule has 0 saturated heterocycles. The van der Waals surface area contributed by atoms with Gasteiger partial charge in [-0.3, -0.25) is 9.36 Å². The number of allylic oxidation sites excluding steroid dienone is 1. The van der Waals surface area contributed by atoms with Crippen LogP contribution in [0, 0.1) is 0 Å².